The van der Waals surface area contributed by atoms with Gasteiger partial charge >= 0.3 is 0 Å². The number of benzene rings is 2. The average molecular weight is 377 g/mol. The third-order valence-corrected chi connectivity index (χ3v) is 3.58. The number of anilines is 2. The van der Waals surface area contributed by atoms with Crippen LogP contribution in [0.4, 0.5) is 11.4 Å². The van der Waals surface area contributed by atoms with Gasteiger partial charge in [-0.3, -0.25) is 9.59 Å². The zero-order chi connectivity index (χ0) is 16.8. The van der Waals surface area contributed by atoms with Crippen LogP contribution >= 0.6 is 15.9 Å². The molecule has 0 spiro atoms. The van der Waals surface area contributed by atoms with Crippen molar-refractivity contribution in [1.82, 2.24) is 0 Å². The van der Waals surface area contributed by atoms with Gasteiger partial charge in [0, 0.05) is 23.9 Å². The van der Waals surface area contributed by atoms with Crippen molar-refractivity contribution < 1.29 is 14.3 Å². The van der Waals surface area contributed by atoms with E-state index in [1.807, 2.05) is 6.92 Å². The van der Waals surface area contributed by atoms with Crippen LogP contribution in [-0.4, -0.2) is 18.4 Å². The maximum Gasteiger partial charge on any atom is 0.255 e. The minimum atomic E-state index is -0.221. The summed E-state index contributed by atoms with van der Waals surface area (Å²) in [6, 6.07) is 12.1. The highest BCUT2D eigenvalue weighted by Gasteiger charge is 2.09. The molecule has 0 unspecified atom stereocenters. The summed E-state index contributed by atoms with van der Waals surface area (Å²) < 4.78 is 6.15. The Morgan fingerprint density at radius 1 is 1.04 bits per heavy atom. The first-order valence-corrected chi connectivity index (χ1v) is 7.90. The standard InChI is InChI=1S/C17H17BrN2O3/c1-3-23-16-9-4-12(10-15(16)18)17(22)20-14-7-5-13(6-8-14)19-11(2)21/h4-10H,3H2,1-2H3,(H,19,21)(H,20,22). The van der Waals surface area contributed by atoms with Gasteiger partial charge in [-0.1, -0.05) is 0 Å². The molecule has 0 fully saturated rings. The molecule has 0 aliphatic heterocycles. The Hall–Kier alpha value is -2.34. The highest BCUT2D eigenvalue weighted by Crippen LogP contribution is 2.26. The van der Waals surface area contributed by atoms with Gasteiger partial charge in [0.1, 0.15) is 5.75 Å². The molecular weight excluding hydrogens is 360 g/mol. The number of carbonyl (C=O) groups excluding carboxylic acids is 2. The second kappa shape index (κ2) is 7.78. The van der Waals surface area contributed by atoms with Gasteiger partial charge in [0.2, 0.25) is 5.91 Å². The lowest BCUT2D eigenvalue weighted by molar-refractivity contribution is -0.114. The largest absolute Gasteiger partial charge is 0.493 e. The first kappa shape index (κ1) is 17.0. The van der Waals surface area contributed by atoms with Crippen LogP contribution in [0.25, 0.3) is 0 Å². The smallest absolute Gasteiger partial charge is 0.255 e. The minimum absolute atomic E-state index is 0.138. The second-order valence-corrected chi connectivity index (χ2v) is 5.65. The second-order valence-electron chi connectivity index (χ2n) is 4.79. The fourth-order valence-electron chi connectivity index (χ4n) is 1.96. The lowest BCUT2D eigenvalue weighted by Crippen LogP contribution is -2.12. The van der Waals surface area contributed by atoms with E-state index in [1.54, 1.807) is 42.5 Å². The molecule has 120 valence electrons. The maximum absolute atomic E-state index is 12.3. The van der Waals surface area contributed by atoms with E-state index in [0.29, 0.717) is 29.3 Å². The topological polar surface area (TPSA) is 67.4 Å². The van der Waals surface area contributed by atoms with Crippen molar-refractivity contribution in [3.8, 4) is 5.75 Å². The van der Waals surface area contributed by atoms with Crippen LogP contribution in [0.2, 0.25) is 0 Å². The van der Waals surface area contributed by atoms with Crippen LogP contribution in [0.3, 0.4) is 0 Å². The predicted octanol–water partition coefficient (Wildman–Crippen LogP) is 4.06. The number of hydrogen-bond acceptors (Lipinski definition) is 3. The van der Waals surface area contributed by atoms with E-state index >= 15 is 0 Å². The van der Waals surface area contributed by atoms with Crippen LogP contribution in [-0.2, 0) is 4.79 Å². The van der Waals surface area contributed by atoms with E-state index in [2.05, 4.69) is 26.6 Å². The van der Waals surface area contributed by atoms with Crippen molar-refractivity contribution in [2.24, 2.45) is 0 Å². The van der Waals surface area contributed by atoms with Crippen LogP contribution in [0, 0.1) is 0 Å². The van der Waals surface area contributed by atoms with Crippen molar-refractivity contribution in [1.29, 1.82) is 0 Å². The van der Waals surface area contributed by atoms with Crippen LogP contribution < -0.4 is 15.4 Å². The van der Waals surface area contributed by atoms with Crippen molar-refractivity contribution in [2.45, 2.75) is 13.8 Å². The molecule has 0 aromatic heterocycles. The zero-order valence-corrected chi connectivity index (χ0v) is 14.4. The highest BCUT2D eigenvalue weighted by atomic mass is 79.9. The summed E-state index contributed by atoms with van der Waals surface area (Å²) in [5, 5.41) is 5.48. The quantitative estimate of drug-likeness (QED) is 0.826. The average Bonchev–Trinajstić information content (AvgIpc) is 2.51. The maximum atomic E-state index is 12.3. The van der Waals surface area contributed by atoms with Gasteiger partial charge in [-0.2, -0.15) is 0 Å². The molecule has 0 aliphatic rings. The summed E-state index contributed by atoms with van der Waals surface area (Å²) in [5.74, 6) is 0.339. The number of hydrogen-bond donors (Lipinski definition) is 2. The molecule has 2 amide bonds. The molecular formula is C17H17BrN2O3. The summed E-state index contributed by atoms with van der Waals surface area (Å²) in [6.07, 6.45) is 0. The molecule has 2 aromatic carbocycles. The molecule has 2 rings (SSSR count). The summed E-state index contributed by atoms with van der Waals surface area (Å²) in [7, 11) is 0. The number of rotatable bonds is 5. The molecule has 0 saturated carbocycles. The van der Waals surface area contributed by atoms with Crippen LogP contribution in [0.5, 0.6) is 5.75 Å². The van der Waals surface area contributed by atoms with E-state index < -0.39 is 0 Å². The monoisotopic (exact) mass is 376 g/mol. The van der Waals surface area contributed by atoms with E-state index in [0.717, 1.165) is 4.47 Å². The Morgan fingerprint density at radius 2 is 1.65 bits per heavy atom. The molecule has 6 heteroatoms. The molecule has 2 N–H and O–H groups in total. The number of carbonyl (C=O) groups is 2. The third-order valence-electron chi connectivity index (χ3n) is 2.96. The summed E-state index contributed by atoms with van der Waals surface area (Å²) in [4.78, 5) is 23.2. The minimum Gasteiger partial charge on any atom is -0.493 e. The molecule has 0 atom stereocenters. The first-order valence-electron chi connectivity index (χ1n) is 7.11. The molecule has 0 bridgehead atoms. The van der Waals surface area contributed by atoms with Crippen molar-refractivity contribution in [3.05, 3.63) is 52.5 Å². The molecule has 23 heavy (non-hydrogen) atoms. The van der Waals surface area contributed by atoms with Crippen molar-refractivity contribution in [3.63, 3.8) is 0 Å². The molecule has 0 saturated heterocycles. The molecule has 0 aliphatic carbocycles. The van der Waals surface area contributed by atoms with Crippen LogP contribution in [0.15, 0.2) is 46.9 Å². The SMILES string of the molecule is CCOc1ccc(C(=O)Nc2ccc(NC(C)=O)cc2)cc1Br. The molecule has 5 nitrogen and oxygen atoms in total. The number of amides is 2. The van der Waals surface area contributed by atoms with Crippen LogP contribution in [0.1, 0.15) is 24.2 Å². The Balaban J connectivity index is 2.06. The highest BCUT2D eigenvalue weighted by molar-refractivity contribution is 9.10. The predicted molar refractivity (Wildman–Crippen MR) is 94.0 cm³/mol. The summed E-state index contributed by atoms with van der Waals surface area (Å²) >= 11 is 3.39. The first-order chi connectivity index (χ1) is 11.0. The van der Waals surface area contributed by atoms with Gasteiger partial charge in [-0.05, 0) is 65.3 Å². The third kappa shape index (κ3) is 4.82. The summed E-state index contributed by atoms with van der Waals surface area (Å²) in [6.45, 7) is 3.90. The van der Waals surface area contributed by atoms with E-state index in [1.165, 1.54) is 6.92 Å². The number of nitrogens with one attached hydrogen (secondary N) is 2. The van der Waals surface area contributed by atoms with E-state index in [-0.39, 0.29) is 11.8 Å². The van der Waals surface area contributed by atoms with E-state index in [4.69, 9.17) is 4.74 Å². The number of halogens is 1. The van der Waals surface area contributed by atoms with Gasteiger partial charge in [0.15, 0.2) is 0 Å². The molecule has 0 heterocycles. The zero-order valence-electron chi connectivity index (χ0n) is 12.9. The Bertz CT molecular complexity index is 714. The lowest BCUT2D eigenvalue weighted by Gasteiger charge is -2.09. The fraction of sp³-hybridized carbons (Fsp3) is 0.176. The van der Waals surface area contributed by atoms with Gasteiger partial charge in [0.25, 0.3) is 5.91 Å². The van der Waals surface area contributed by atoms with Gasteiger partial charge in [0.05, 0.1) is 11.1 Å². The summed E-state index contributed by atoms with van der Waals surface area (Å²) in [5.41, 5.74) is 1.85. The Labute approximate surface area is 143 Å². The Morgan fingerprint density at radius 3 is 2.17 bits per heavy atom. The molecule has 2 aromatic rings. The van der Waals surface area contributed by atoms with E-state index in [9.17, 15) is 9.59 Å². The normalized spacial score (nSPS) is 10.0. The van der Waals surface area contributed by atoms with Gasteiger partial charge in [-0.25, -0.2) is 0 Å². The molecule has 0 radical (unpaired) electrons. The van der Waals surface area contributed by atoms with Gasteiger partial charge in [-0.15, -0.1) is 0 Å². The van der Waals surface area contributed by atoms with Crippen molar-refractivity contribution >= 4 is 39.1 Å². The fourth-order valence-corrected chi connectivity index (χ4v) is 2.45. The lowest BCUT2D eigenvalue weighted by atomic mass is 10.2. The van der Waals surface area contributed by atoms with Gasteiger partial charge < -0.3 is 15.4 Å². The number of ether oxygens (including phenoxy) is 1. The Kier molecular flexibility index (Phi) is 5.76. The van der Waals surface area contributed by atoms with Crippen molar-refractivity contribution in [2.75, 3.05) is 17.2 Å².